The summed E-state index contributed by atoms with van der Waals surface area (Å²) in [6.07, 6.45) is 5.80. The second-order valence-corrected chi connectivity index (χ2v) is 3.94. The number of hydrogen-bond donors (Lipinski definition) is 1. The van der Waals surface area contributed by atoms with Gasteiger partial charge in [0.15, 0.2) is 0 Å². The fourth-order valence-corrected chi connectivity index (χ4v) is 0.877. The molecule has 0 aromatic rings. The van der Waals surface area contributed by atoms with E-state index in [0.717, 1.165) is 0 Å². The van der Waals surface area contributed by atoms with Gasteiger partial charge in [-0.3, -0.25) is 4.79 Å². The third-order valence-corrected chi connectivity index (χ3v) is 1.38. The molecule has 4 nitrogen and oxygen atoms in total. The highest BCUT2D eigenvalue weighted by molar-refractivity contribution is 6.43. The largest absolute Gasteiger partial charge is 0.471 e. The zero-order chi connectivity index (χ0) is 10.6. The lowest BCUT2D eigenvalue weighted by Gasteiger charge is -2.20. The average Bonchev–Trinajstić information content (AvgIpc) is 2.27. The first-order valence-corrected chi connectivity index (χ1v) is 4.36. The van der Waals surface area contributed by atoms with E-state index in [2.05, 4.69) is 10.3 Å². The first kappa shape index (κ1) is 10.5. The molecular weight excluding hydrogens is 180 g/mol. The molecule has 0 unspecified atom stereocenters. The van der Waals surface area contributed by atoms with Gasteiger partial charge in [-0.2, -0.15) is 0 Å². The maximum Gasteiger partial charge on any atom is 0.270 e. The van der Waals surface area contributed by atoms with Gasteiger partial charge >= 0.3 is 0 Å². The molecule has 0 aromatic heterocycles. The van der Waals surface area contributed by atoms with Crippen molar-refractivity contribution in [3.05, 3.63) is 24.8 Å². The normalized spacial score (nSPS) is 15.5. The van der Waals surface area contributed by atoms with Crippen molar-refractivity contribution in [3.63, 3.8) is 0 Å². The van der Waals surface area contributed by atoms with Crippen molar-refractivity contribution in [2.24, 2.45) is 4.99 Å². The van der Waals surface area contributed by atoms with Crippen LogP contribution in [0.2, 0.25) is 0 Å². The van der Waals surface area contributed by atoms with Crippen LogP contribution in [0, 0.1) is 0 Å². The van der Waals surface area contributed by atoms with Crippen LogP contribution in [0.15, 0.2) is 29.8 Å². The van der Waals surface area contributed by atoms with Gasteiger partial charge in [0.1, 0.15) is 12.0 Å². The van der Waals surface area contributed by atoms with Crippen molar-refractivity contribution in [2.45, 2.75) is 26.3 Å². The smallest absolute Gasteiger partial charge is 0.270 e. The number of aliphatic imine (C=N–C) groups is 1. The van der Waals surface area contributed by atoms with Gasteiger partial charge in [-0.05, 0) is 20.8 Å². The van der Waals surface area contributed by atoms with Gasteiger partial charge < -0.3 is 10.1 Å². The molecule has 0 saturated carbocycles. The molecular formula is C10H14N2O2. The van der Waals surface area contributed by atoms with Gasteiger partial charge in [0.2, 0.25) is 0 Å². The topological polar surface area (TPSA) is 50.7 Å². The zero-order valence-electron chi connectivity index (χ0n) is 8.57. The molecule has 0 saturated heterocycles. The Bertz CT molecular complexity index is 309. The second-order valence-electron chi connectivity index (χ2n) is 3.94. The lowest BCUT2D eigenvalue weighted by molar-refractivity contribution is -0.116. The van der Waals surface area contributed by atoms with Crippen LogP contribution >= 0.6 is 0 Å². The monoisotopic (exact) mass is 194 g/mol. The molecule has 1 aliphatic rings. The number of amides is 1. The molecule has 0 fully saturated rings. The van der Waals surface area contributed by atoms with E-state index >= 15 is 0 Å². The van der Waals surface area contributed by atoms with E-state index in [1.165, 1.54) is 24.8 Å². The van der Waals surface area contributed by atoms with Crippen molar-refractivity contribution in [1.29, 1.82) is 0 Å². The number of carbonyl (C=O) groups excluding carboxylic acids is 1. The summed E-state index contributed by atoms with van der Waals surface area (Å²) in [6, 6.07) is 0. The molecule has 0 atom stereocenters. The van der Waals surface area contributed by atoms with Crippen LogP contribution in [0.3, 0.4) is 0 Å². The Kier molecular flexibility index (Phi) is 3.06. The third kappa shape index (κ3) is 3.43. The summed E-state index contributed by atoms with van der Waals surface area (Å²) in [5, 5.41) is 2.81. The molecule has 1 rings (SSSR count). The van der Waals surface area contributed by atoms with Crippen molar-refractivity contribution in [3.8, 4) is 0 Å². The average molecular weight is 194 g/mol. The first-order valence-electron chi connectivity index (χ1n) is 4.36. The Hall–Kier alpha value is -1.58. The van der Waals surface area contributed by atoms with Gasteiger partial charge in [-0.1, -0.05) is 0 Å². The Labute approximate surface area is 83.4 Å². The van der Waals surface area contributed by atoms with Crippen LogP contribution in [0.1, 0.15) is 20.8 Å². The molecule has 0 aromatic carbocycles. The summed E-state index contributed by atoms with van der Waals surface area (Å²) >= 11 is 0. The van der Waals surface area contributed by atoms with Crippen molar-refractivity contribution >= 4 is 11.6 Å². The molecule has 1 heterocycles. The molecule has 1 amide bonds. The van der Waals surface area contributed by atoms with E-state index < -0.39 is 0 Å². The number of rotatable bonds is 1. The van der Waals surface area contributed by atoms with E-state index in [1.54, 1.807) is 0 Å². The first-order chi connectivity index (χ1) is 6.49. The summed E-state index contributed by atoms with van der Waals surface area (Å²) < 4.78 is 4.85. The molecule has 0 radical (unpaired) electrons. The fourth-order valence-electron chi connectivity index (χ4n) is 0.877. The van der Waals surface area contributed by atoms with Crippen LogP contribution in [-0.4, -0.2) is 17.2 Å². The molecule has 0 spiro atoms. The third-order valence-electron chi connectivity index (χ3n) is 1.38. The Morgan fingerprint density at radius 2 is 2.14 bits per heavy atom. The molecule has 1 aliphatic heterocycles. The van der Waals surface area contributed by atoms with Crippen LogP contribution in [0.5, 0.6) is 0 Å². The van der Waals surface area contributed by atoms with E-state index in [9.17, 15) is 4.79 Å². The van der Waals surface area contributed by atoms with E-state index in [0.29, 0.717) is 5.71 Å². The summed E-state index contributed by atoms with van der Waals surface area (Å²) in [6.45, 7) is 5.74. The lowest BCUT2D eigenvalue weighted by atomic mass is 10.1. The minimum absolute atomic E-state index is 0.205. The minimum Gasteiger partial charge on any atom is -0.471 e. The number of ether oxygens (including phenoxy) is 1. The summed E-state index contributed by atoms with van der Waals surface area (Å²) in [5.41, 5.74) is 0.0818. The fraction of sp³-hybridized carbons (Fsp3) is 0.400. The van der Waals surface area contributed by atoms with Gasteiger partial charge in [-0.15, -0.1) is 0 Å². The predicted molar refractivity (Wildman–Crippen MR) is 54.7 cm³/mol. The molecule has 14 heavy (non-hydrogen) atoms. The van der Waals surface area contributed by atoms with E-state index in [4.69, 9.17) is 4.74 Å². The molecule has 0 bridgehead atoms. The Balaban J connectivity index is 2.69. The lowest BCUT2D eigenvalue weighted by Crippen LogP contribution is -2.43. The Morgan fingerprint density at radius 1 is 1.43 bits per heavy atom. The van der Waals surface area contributed by atoms with Crippen LogP contribution in [-0.2, 0) is 9.53 Å². The van der Waals surface area contributed by atoms with Gasteiger partial charge in [0.05, 0.1) is 12.5 Å². The van der Waals surface area contributed by atoms with E-state index in [1.807, 2.05) is 20.8 Å². The number of carbonyl (C=O) groups is 1. The predicted octanol–water partition coefficient (Wildman–Crippen LogP) is 1.36. The zero-order valence-corrected chi connectivity index (χ0v) is 8.57. The quantitative estimate of drug-likeness (QED) is 0.685. The van der Waals surface area contributed by atoms with Gasteiger partial charge in [0.25, 0.3) is 5.91 Å². The molecule has 1 N–H and O–H groups in total. The minimum atomic E-state index is -0.260. The number of nitrogens with one attached hydrogen (secondary N) is 1. The van der Waals surface area contributed by atoms with Crippen molar-refractivity contribution < 1.29 is 9.53 Å². The maximum absolute atomic E-state index is 11.6. The summed E-state index contributed by atoms with van der Waals surface area (Å²) in [7, 11) is 0. The van der Waals surface area contributed by atoms with Crippen molar-refractivity contribution in [1.82, 2.24) is 5.32 Å². The number of nitrogens with zero attached hydrogens (tertiary/aromatic N) is 1. The standard InChI is InChI=1S/C10H14N2O2/c1-10(2,3)12-9(13)8-4-6-14-7-5-11-8/h4-7H,1-3H3,(H,12,13). The van der Waals surface area contributed by atoms with Gasteiger partial charge in [-0.25, -0.2) is 4.99 Å². The highest BCUT2D eigenvalue weighted by atomic mass is 16.5. The van der Waals surface area contributed by atoms with Gasteiger partial charge in [0, 0.05) is 11.6 Å². The summed E-state index contributed by atoms with van der Waals surface area (Å²) in [5.74, 6) is -0.205. The second kappa shape index (κ2) is 4.09. The van der Waals surface area contributed by atoms with Crippen LogP contribution < -0.4 is 5.32 Å². The molecule has 0 aliphatic carbocycles. The Morgan fingerprint density at radius 3 is 2.79 bits per heavy atom. The SMILES string of the molecule is CC(C)(C)NC(=O)C1=NC=COC=C1. The molecule has 76 valence electrons. The highest BCUT2D eigenvalue weighted by Crippen LogP contribution is 2.00. The maximum atomic E-state index is 11.6. The van der Waals surface area contributed by atoms with Crippen molar-refractivity contribution in [2.75, 3.05) is 0 Å². The van der Waals surface area contributed by atoms with Crippen LogP contribution in [0.4, 0.5) is 0 Å². The highest BCUT2D eigenvalue weighted by Gasteiger charge is 2.16. The number of hydrogen-bond acceptors (Lipinski definition) is 3. The van der Waals surface area contributed by atoms with Crippen LogP contribution in [0.25, 0.3) is 0 Å². The molecule has 4 heteroatoms. The summed E-state index contributed by atoms with van der Waals surface area (Å²) in [4.78, 5) is 15.5. The van der Waals surface area contributed by atoms with E-state index in [-0.39, 0.29) is 11.4 Å².